The van der Waals surface area contributed by atoms with Gasteiger partial charge in [0.2, 0.25) is 5.79 Å². The Balaban J connectivity index is 1.87. The lowest BCUT2D eigenvalue weighted by Gasteiger charge is -2.39. The second-order valence-corrected chi connectivity index (χ2v) is 6.96. The monoisotopic (exact) mass is 341 g/mol. The lowest BCUT2D eigenvalue weighted by Crippen LogP contribution is -2.60. The first kappa shape index (κ1) is 15.3. The molecule has 3 fully saturated rings. The van der Waals surface area contributed by atoms with Gasteiger partial charge < -0.3 is 23.7 Å². The third-order valence-corrected chi connectivity index (χ3v) is 3.96. The van der Waals surface area contributed by atoms with Gasteiger partial charge in [0.25, 0.3) is 0 Å². The summed E-state index contributed by atoms with van der Waals surface area (Å²) in [4.78, 5) is 0. The number of rotatable bonds is 3. The molecule has 21 heavy (non-hydrogen) atoms. The van der Waals surface area contributed by atoms with Crippen LogP contribution >= 0.6 is 12.2 Å². The molecule has 0 amide bonds. The van der Waals surface area contributed by atoms with E-state index in [2.05, 4.69) is 4.18 Å². The average Bonchev–Trinajstić information content (AvgIpc) is 2.82. The summed E-state index contributed by atoms with van der Waals surface area (Å²) in [5.74, 6) is -2.48. The van der Waals surface area contributed by atoms with Crippen LogP contribution in [0.2, 0.25) is 0 Å². The SMILES string of the molecule is CC1(C)O[C@H]2[C@@H]3OC(=S)O[C@@H]3CO[C@@]2(COS(N)(=O)=O)O1. The highest BCUT2D eigenvalue weighted by atomic mass is 32.2. The maximum Gasteiger partial charge on any atom is 0.353 e. The van der Waals surface area contributed by atoms with Crippen LogP contribution in [0.4, 0.5) is 0 Å². The van der Waals surface area contributed by atoms with Crippen LogP contribution in [0.3, 0.4) is 0 Å². The molecule has 3 aliphatic rings. The van der Waals surface area contributed by atoms with Gasteiger partial charge in [0.1, 0.15) is 6.61 Å². The summed E-state index contributed by atoms with van der Waals surface area (Å²) in [6.45, 7) is 2.96. The van der Waals surface area contributed by atoms with Crippen molar-refractivity contribution in [2.45, 2.75) is 43.7 Å². The van der Waals surface area contributed by atoms with Crippen molar-refractivity contribution in [2.24, 2.45) is 5.14 Å². The van der Waals surface area contributed by atoms with Crippen molar-refractivity contribution in [3.8, 4) is 0 Å². The summed E-state index contributed by atoms with van der Waals surface area (Å²) >= 11 is 4.87. The van der Waals surface area contributed by atoms with Gasteiger partial charge in [-0.25, -0.2) is 5.14 Å². The molecule has 0 aromatic carbocycles. The Morgan fingerprint density at radius 1 is 1.43 bits per heavy atom. The van der Waals surface area contributed by atoms with Crippen LogP contribution in [0, 0.1) is 0 Å². The number of hydrogen-bond donors (Lipinski definition) is 1. The minimum Gasteiger partial charge on any atom is -0.447 e. The normalized spacial score (nSPS) is 41.1. The molecule has 3 aliphatic heterocycles. The van der Waals surface area contributed by atoms with E-state index in [1.807, 2.05) is 0 Å². The third kappa shape index (κ3) is 2.86. The van der Waals surface area contributed by atoms with Crippen LogP contribution in [-0.2, 0) is 38.2 Å². The minimum absolute atomic E-state index is 0.00919. The average molecular weight is 341 g/mol. The molecule has 0 aliphatic carbocycles. The van der Waals surface area contributed by atoms with Gasteiger partial charge in [-0.2, -0.15) is 8.42 Å². The van der Waals surface area contributed by atoms with E-state index in [-0.39, 0.29) is 11.8 Å². The number of thiocarbonyl (C=S) groups is 1. The maximum absolute atomic E-state index is 11.0. The lowest BCUT2D eigenvalue weighted by molar-refractivity contribution is -0.290. The molecule has 0 spiro atoms. The number of ether oxygens (including phenoxy) is 5. The molecular weight excluding hydrogens is 326 g/mol. The van der Waals surface area contributed by atoms with E-state index in [0.717, 1.165) is 0 Å². The van der Waals surface area contributed by atoms with Crippen LogP contribution in [0.1, 0.15) is 13.8 Å². The molecule has 0 unspecified atom stereocenters. The zero-order valence-electron chi connectivity index (χ0n) is 11.3. The number of nitrogens with two attached hydrogens (primary N) is 1. The molecule has 3 rings (SSSR count). The fourth-order valence-electron chi connectivity index (χ4n) is 2.65. The summed E-state index contributed by atoms with van der Waals surface area (Å²) in [6.07, 6.45) is -1.78. The highest BCUT2D eigenvalue weighted by Crippen LogP contribution is 2.45. The van der Waals surface area contributed by atoms with E-state index in [9.17, 15) is 8.42 Å². The molecule has 3 saturated heterocycles. The van der Waals surface area contributed by atoms with E-state index in [4.69, 9.17) is 41.0 Å². The van der Waals surface area contributed by atoms with Gasteiger partial charge in [-0.3, -0.25) is 4.18 Å². The Morgan fingerprint density at radius 2 is 2.14 bits per heavy atom. The fourth-order valence-corrected chi connectivity index (χ4v) is 3.22. The molecule has 0 bridgehead atoms. The Bertz CT molecular complexity index is 563. The van der Waals surface area contributed by atoms with E-state index < -0.39 is 46.8 Å². The second kappa shape index (κ2) is 4.72. The highest BCUT2D eigenvalue weighted by molar-refractivity contribution is 7.84. The van der Waals surface area contributed by atoms with Crippen molar-refractivity contribution < 1.29 is 36.3 Å². The summed E-state index contributed by atoms with van der Waals surface area (Å²) in [5.41, 5.74) is 0. The van der Waals surface area contributed by atoms with Crippen molar-refractivity contribution in [1.82, 2.24) is 0 Å². The van der Waals surface area contributed by atoms with Gasteiger partial charge >= 0.3 is 15.5 Å². The van der Waals surface area contributed by atoms with E-state index in [0.29, 0.717) is 0 Å². The molecule has 120 valence electrons. The highest BCUT2D eigenvalue weighted by Gasteiger charge is 2.65. The van der Waals surface area contributed by atoms with Crippen molar-refractivity contribution >= 4 is 27.8 Å². The third-order valence-electron chi connectivity index (χ3n) is 3.32. The standard InChI is InChI=1S/C10H15NO8S2/c1-9(2)18-7-6-5(16-8(20)17-6)3-14-10(7,19-9)4-15-21(11,12)13/h5-7H,3-4H2,1-2H3,(H2,11,12,13)/t5-,6-,7+,10+/m1/s1. The largest absolute Gasteiger partial charge is 0.447 e. The number of fused-ring (bicyclic) bond motifs is 3. The van der Waals surface area contributed by atoms with Crippen LogP contribution in [0.5, 0.6) is 0 Å². The zero-order valence-corrected chi connectivity index (χ0v) is 12.9. The molecule has 11 heteroatoms. The Kier molecular flexibility index (Phi) is 3.44. The van der Waals surface area contributed by atoms with Gasteiger partial charge in [0, 0.05) is 12.2 Å². The van der Waals surface area contributed by atoms with Gasteiger partial charge in [0.05, 0.1) is 6.61 Å². The Morgan fingerprint density at radius 3 is 2.81 bits per heavy atom. The molecule has 3 heterocycles. The van der Waals surface area contributed by atoms with Crippen molar-refractivity contribution in [2.75, 3.05) is 13.2 Å². The van der Waals surface area contributed by atoms with Gasteiger partial charge in [-0.1, -0.05) is 0 Å². The molecule has 0 aromatic rings. The summed E-state index contributed by atoms with van der Waals surface area (Å²) in [5, 5.41) is 4.84. The fraction of sp³-hybridized carbons (Fsp3) is 0.900. The molecule has 4 atom stereocenters. The van der Waals surface area contributed by atoms with Crippen LogP contribution < -0.4 is 5.14 Å². The van der Waals surface area contributed by atoms with Crippen molar-refractivity contribution in [3.05, 3.63) is 0 Å². The minimum atomic E-state index is -4.15. The molecule has 0 aromatic heterocycles. The number of hydrogen-bond acceptors (Lipinski definition) is 9. The first-order chi connectivity index (χ1) is 9.60. The van der Waals surface area contributed by atoms with Gasteiger partial charge in [-0.05, 0) is 13.8 Å². The second-order valence-electron chi connectivity index (χ2n) is 5.41. The Labute approximate surface area is 126 Å². The van der Waals surface area contributed by atoms with Gasteiger partial charge in [0.15, 0.2) is 24.1 Å². The maximum atomic E-state index is 11.0. The molecule has 0 radical (unpaired) electrons. The van der Waals surface area contributed by atoms with Crippen molar-refractivity contribution in [1.29, 1.82) is 0 Å². The van der Waals surface area contributed by atoms with Gasteiger partial charge in [-0.15, -0.1) is 0 Å². The Hall–Kier alpha value is -0.560. The first-order valence-corrected chi connectivity index (χ1v) is 8.05. The van der Waals surface area contributed by atoms with Crippen LogP contribution in [-0.4, -0.2) is 56.8 Å². The molecule has 0 saturated carbocycles. The smallest absolute Gasteiger partial charge is 0.353 e. The predicted molar refractivity (Wildman–Crippen MR) is 70.1 cm³/mol. The van der Waals surface area contributed by atoms with Crippen molar-refractivity contribution in [3.63, 3.8) is 0 Å². The molecular formula is C10H15NO8S2. The van der Waals surface area contributed by atoms with E-state index >= 15 is 0 Å². The van der Waals surface area contributed by atoms with E-state index in [1.165, 1.54) is 0 Å². The zero-order chi connectivity index (χ0) is 15.5. The summed E-state index contributed by atoms with van der Waals surface area (Å²) in [7, 11) is -4.15. The quantitative estimate of drug-likeness (QED) is 0.655. The topological polar surface area (TPSA) is 116 Å². The molecule has 2 N–H and O–H groups in total. The first-order valence-electron chi connectivity index (χ1n) is 6.17. The van der Waals surface area contributed by atoms with Crippen LogP contribution in [0.15, 0.2) is 0 Å². The summed E-state index contributed by atoms with van der Waals surface area (Å²) < 4.78 is 54.5. The predicted octanol–water partition coefficient (Wildman–Crippen LogP) is -0.847. The van der Waals surface area contributed by atoms with Crippen LogP contribution in [0.25, 0.3) is 0 Å². The molecule has 9 nitrogen and oxygen atoms in total. The lowest BCUT2D eigenvalue weighted by atomic mass is 9.98. The van der Waals surface area contributed by atoms with E-state index in [1.54, 1.807) is 13.8 Å². The summed E-state index contributed by atoms with van der Waals surface area (Å²) in [6, 6.07) is 0.